The van der Waals surface area contributed by atoms with Gasteiger partial charge in [-0.15, -0.1) is 0 Å². The molecule has 86 valence electrons. The van der Waals surface area contributed by atoms with Crippen molar-refractivity contribution in [1.82, 2.24) is 5.32 Å². The van der Waals surface area contributed by atoms with E-state index >= 15 is 0 Å². The lowest BCUT2D eigenvalue weighted by molar-refractivity contribution is -0.145. The highest BCUT2D eigenvalue weighted by atomic mass is 16.4. The van der Waals surface area contributed by atoms with Gasteiger partial charge in [0, 0.05) is 6.04 Å². The summed E-state index contributed by atoms with van der Waals surface area (Å²) in [6, 6.07) is 7.96. The molecule has 3 nitrogen and oxygen atoms in total. The summed E-state index contributed by atoms with van der Waals surface area (Å²) in [5, 5.41) is 12.7. The first-order valence-electron chi connectivity index (χ1n) is 5.66. The highest BCUT2D eigenvalue weighted by Gasteiger charge is 2.45. The van der Waals surface area contributed by atoms with Gasteiger partial charge in [-0.3, -0.25) is 5.32 Å². The third-order valence-corrected chi connectivity index (χ3v) is 3.15. The molecule has 2 rings (SSSR count). The first-order valence-corrected chi connectivity index (χ1v) is 5.66. The first-order chi connectivity index (χ1) is 7.56. The summed E-state index contributed by atoms with van der Waals surface area (Å²) in [6.45, 7) is 3.96. The Kier molecular flexibility index (Phi) is 2.72. The molecule has 1 atom stereocenters. The number of nitrogens with one attached hydrogen (secondary N) is 1. The number of carbonyl (C=O) groups is 1. The SMILES string of the molecule is CC(C)NC1(C(=O)O)CCc2ccccc21. The van der Waals surface area contributed by atoms with E-state index in [9.17, 15) is 9.90 Å². The van der Waals surface area contributed by atoms with Crippen LogP contribution in [0.3, 0.4) is 0 Å². The molecule has 1 aromatic rings. The van der Waals surface area contributed by atoms with Gasteiger partial charge < -0.3 is 5.11 Å². The van der Waals surface area contributed by atoms with Crippen LogP contribution in [0.5, 0.6) is 0 Å². The number of rotatable bonds is 3. The average Bonchev–Trinajstić information content (AvgIpc) is 2.58. The minimum atomic E-state index is -0.884. The van der Waals surface area contributed by atoms with Gasteiger partial charge in [-0.05, 0) is 37.8 Å². The number of benzene rings is 1. The molecule has 1 aliphatic rings. The lowest BCUT2D eigenvalue weighted by Gasteiger charge is -2.29. The van der Waals surface area contributed by atoms with Crippen molar-refractivity contribution in [2.24, 2.45) is 0 Å². The number of hydrogen-bond acceptors (Lipinski definition) is 2. The fourth-order valence-electron chi connectivity index (χ4n) is 2.54. The summed E-state index contributed by atoms with van der Waals surface area (Å²) in [7, 11) is 0. The van der Waals surface area contributed by atoms with Crippen LogP contribution in [-0.4, -0.2) is 17.1 Å². The standard InChI is InChI=1S/C13H17NO2/c1-9(2)14-13(12(15)16)8-7-10-5-3-4-6-11(10)13/h3-6,9,14H,7-8H2,1-2H3,(H,15,16). The van der Waals surface area contributed by atoms with E-state index in [0.29, 0.717) is 6.42 Å². The van der Waals surface area contributed by atoms with Crippen LogP contribution in [0.1, 0.15) is 31.4 Å². The van der Waals surface area contributed by atoms with E-state index in [2.05, 4.69) is 5.32 Å². The molecule has 0 saturated carbocycles. The largest absolute Gasteiger partial charge is 0.480 e. The molecule has 0 spiro atoms. The maximum Gasteiger partial charge on any atom is 0.328 e. The Balaban J connectivity index is 2.47. The molecule has 0 bridgehead atoms. The molecule has 3 heteroatoms. The molecule has 1 aromatic carbocycles. The molecular formula is C13H17NO2. The topological polar surface area (TPSA) is 49.3 Å². The zero-order chi connectivity index (χ0) is 11.8. The van der Waals surface area contributed by atoms with Gasteiger partial charge >= 0.3 is 5.97 Å². The van der Waals surface area contributed by atoms with Crippen LogP contribution < -0.4 is 5.32 Å². The predicted octanol–water partition coefficient (Wildman–Crippen LogP) is 1.91. The number of carboxylic acids is 1. The van der Waals surface area contributed by atoms with Crippen molar-refractivity contribution in [2.45, 2.75) is 38.3 Å². The zero-order valence-electron chi connectivity index (χ0n) is 9.66. The third-order valence-electron chi connectivity index (χ3n) is 3.15. The van der Waals surface area contributed by atoms with Crippen molar-refractivity contribution in [3.63, 3.8) is 0 Å². The molecule has 1 unspecified atom stereocenters. The summed E-state index contributed by atoms with van der Waals surface area (Å²) in [6.07, 6.45) is 1.47. The van der Waals surface area contributed by atoms with Crippen molar-refractivity contribution < 1.29 is 9.90 Å². The van der Waals surface area contributed by atoms with Gasteiger partial charge in [0.15, 0.2) is 0 Å². The maximum absolute atomic E-state index is 11.6. The Labute approximate surface area is 95.5 Å². The van der Waals surface area contributed by atoms with Gasteiger partial charge in [-0.2, -0.15) is 0 Å². The van der Waals surface area contributed by atoms with Gasteiger partial charge in [0.05, 0.1) is 0 Å². The molecule has 0 aliphatic heterocycles. The molecule has 0 aromatic heterocycles. The van der Waals surface area contributed by atoms with Gasteiger partial charge in [0.25, 0.3) is 0 Å². The van der Waals surface area contributed by atoms with Crippen molar-refractivity contribution in [3.8, 4) is 0 Å². The molecule has 0 heterocycles. The minimum absolute atomic E-state index is 0.155. The van der Waals surface area contributed by atoms with E-state index in [1.807, 2.05) is 38.1 Å². The highest BCUT2D eigenvalue weighted by Crippen LogP contribution is 2.37. The number of aryl methyl sites for hydroxylation is 1. The van der Waals surface area contributed by atoms with E-state index in [4.69, 9.17) is 0 Å². The highest BCUT2D eigenvalue weighted by molar-refractivity contribution is 5.82. The Morgan fingerprint density at radius 2 is 2.12 bits per heavy atom. The maximum atomic E-state index is 11.6. The second-order valence-electron chi connectivity index (χ2n) is 4.67. The van der Waals surface area contributed by atoms with E-state index in [1.54, 1.807) is 0 Å². The van der Waals surface area contributed by atoms with Crippen LogP contribution in [-0.2, 0) is 16.8 Å². The minimum Gasteiger partial charge on any atom is -0.480 e. The molecule has 0 fully saturated rings. The monoisotopic (exact) mass is 219 g/mol. The first kappa shape index (κ1) is 11.1. The fourth-order valence-corrected chi connectivity index (χ4v) is 2.54. The van der Waals surface area contributed by atoms with E-state index < -0.39 is 11.5 Å². The molecule has 0 amide bonds. The van der Waals surface area contributed by atoms with Crippen LogP contribution in [0.2, 0.25) is 0 Å². The van der Waals surface area contributed by atoms with E-state index in [0.717, 1.165) is 17.5 Å². The van der Waals surface area contributed by atoms with E-state index in [1.165, 1.54) is 0 Å². The Bertz CT molecular complexity index is 414. The van der Waals surface area contributed by atoms with Crippen LogP contribution >= 0.6 is 0 Å². The Morgan fingerprint density at radius 3 is 2.75 bits per heavy atom. The average molecular weight is 219 g/mol. The third kappa shape index (κ3) is 1.61. The predicted molar refractivity (Wildman–Crippen MR) is 62.3 cm³/mol. The second-order valence-corrected chi connectivity index (χ2v) is 4.67. The number of hydrogen-bond donors (Lipinski definition) is 2. The van der Waals surface area contributed by atoms with Crippen molar-refractivity contribution in [3.05, 3.63) is 35.4 Å². The van der Waals surface area contributed by atoms with Crippen LogP contribution in [0.25, 0.3) is 0 Å². The number of fused-ring (bicyclic) bond motifs is 1. The van der Waals surface area contributed by atoms with Crippen molar-refractivity contribution >= 4 is 5.97 Å². The van der Waals surface area contributed by atoms with Gasteiger partial charge in [-0.25, -0.2) is 4.79 Å². The fraction of sp³-hybridized carbons (Fsp3) is 0.462. The summed E-state index contributed by atoms with van der Waals surface area (Å²) in [5.74, 6) is -0.772. The molecule has 0 saturated heterocycles. The van der Waals surface area contributed by atoms with Crippen LogP contribution in [0.15, 0.2) is 24.3 Å². The number of carboxylic acid groups (broad SMARTS) is 1. The summed E-state index contributed by atoms with van der Waals surface area (Å²) in [5.41, 5.74) is 1.19. The van der Waals surface area contributed by atoms with Gasteiger partial charge in [0.1, 0.15) is 5.54 Å². The van der Waals surface area contributed by atoms with Gasteiger partial charge in [-0.1, -0.05) is 24.3 Å². The second kappa shape index (κ2) is 3.91. The van der Waals surface area contributed by atoms with Crippen molar-refractivity contribution in [1.29, 1.82) is 0 Å². The summed E-state index contributed by atoms with van der Waals surface area (Å²) < 4.78 is 0. The summed E-state index contributed by atoms with van der Waals surface area (Å²) in [4.78, 5) is 11.6. The molecule has 2 N–H and O–H groups in total. The summed E-state index contributed by atoms with van der Waals surface area (Å²) >= 11 is 0. The lowest BCUT2D eigenvalue weighted by Crippen LogP contribution is -2.50. The lowest BCUT2D eigenvalue weighted by atomic mass is 9.91. The van der Waals surface area contributed by atoms with Gasteiger partial charge in [0.2, 0.25) is 0 Å². The zero-order valence-corrected chi connectivity index (χ0v) is 9.66. The number of aliphatic carboxylic acids is 1. The molecule has 0 radical (unpaired) electrons. The smallest absolute Gasteiger partial charge is 0.328 e. The van der Waals surface area contributed by atoms with Crippen molar-refractivity contribution in [2.75, 3.05) is 0 Å². The molecule has 1 aliphatic carbocycles. The molecular weight excluding hydrogens is 202 g/mol. The quantitative estimate of drug-likeness (QED) is 0.816. The Morgan fingerprint density at radius 1 is 1.44 bits per heavy atom. The normalized spacial score (nSPS) is 23.4. The molecule has 16 heavy (non-hydrogen) atoms. The Hall–Kier alpha value is -1.35. The van der Waals surface area contributed by atoms with E-state index in [-0.39, 0.29) is 6.04 Å². The van der Waals surface area contributed by atoms with Crippen LogP contribution in [0, 0.1) is 0 Å². The van der Waals surface area contributed by atoms with Crippen LogP contribution in [0.4, 0.5) is 0 Å².